The Labute approximate surface area is 119 Å². The van der Waals surface area contributed by atoms with Crippen LogP contribution in [0.3, 0.4) is 0 Å². The van der Waals surface area contributed by atoms with Crippen molar-refractivity contribution in [3.63, 3.8) is 0 Å². The topological polar surface area (TPSA) is 105 Å². The number of nitrogen functional groups attached to an aromatic ring is 1. The van der Waals surface area contributed by atoms with Gasteiger partial charge < -0.3 is 19.8 Å². The largest absolute Gasteiger partial charge is 0.468 e. The van der Waals surface area contributed by atoms with E-state index in [1.165, 1.54) is 18.9 Å². The van der Waals surface area contributed by atoms with Crippen LogP contribution < -0.4 is 5.73 Å². The van der Waals surface area contributed by atoms with Crippen LogP contribution >= 0.6 is 11.8 Å². The van der Waals surface area contributed by atoms with E-state index in [9.17, 15) is 4.79 Å². The van der Waals surface area contributed by atoms with Gasteiger partial charge in [0, 0.05) is 13.7 Å². The SMILES string of the molecule is COCCn1cnc2c(SCC(=O)OC)nc(N)nc21. The zero-order valence-corrected chi connectivity index (χ0v) is 12.0. The number of imidazole rings is 1. The van der Waals surface area contributed by atoms with Crippen molar-refractivity contribution < 1.29 is 14.3 Å². The Morgan fingerprint density at radius 1 is 1.45 bits per heavy atom. The molecule has 20 heavy (non-hydrogen) atoms. The molecule has 0 amide bonds. The highest BCUT2D eigenvalue weighted by Gasteiger charge is 2.14. The van der Waals surface area contributed by atoms with Crippen molar-refractivity contribution in [2.45, 2.75) is 11.6 Å². The Bertz CT molecular complexity index is 615. The lowest BCUT2D eigenvalue weighted by Crippen LogP contribution is -2.06. The molecule has 2 N–H and O–H groups in total. The number of nitrogens with two attached hydrogens (primary N) is 1. The van der Waals surface area contributed by atoms with E-state index in [0.717, 1.165) is 0 Å². The zero-order valence-electron chi connectivity index (χ0n) is 11.2. The van der Waals surface area contributed by atoms with Crippen LogP contribution in [0.15, 0.2) is 11.4 Å². The summed E-state index contributed by atoms with van der Waals surface area (Å²) >= 11 is 1.22. The first kappa shape index (κ1) is 14.5. The summed E-state index contributed by atoms with van der Waals surface area (Å²) in [5.74, 6) is -0.0457. The Kier molecular flexibility index (Phi) is 4.74. The van der Waals surface area contributed by atoms with Crippen molar-refractivity contribution in [3.05, 3.63) is 6.33 Å². The molecule has 0 fully saturated rings. The van der Waals surface area contributed by atoms with E-state index in [1.807, 2.05) is 4.57 Å². The van der Waals surface area contributed by atoms with Crippen LogP contribution in [-0.2, 0) is 20.8 Å². The molecule has 0 saturated heterocycles. The van der Waals surface area contributed by atoms with Gasteiger partial charge in [0.2, 0.25) is 5.95 Å². The monoisotopic (exact) mass is 297 g/mol. The summed E-state index contributed by atoms with van der Waals surface area (Å²) in [6.07, 6.45) is 1.65. The predicted molar refractivity (Wildman–Crippen MR) is 74.4 cm³/mol. The second kappa shape index (κ2) is 6.53. The summed E-state index contributed by atoms with van der Waals surface area (Å²) in [4.78, 5) is 23.8. The number of ether oxygens (including phenoxy) is 2. The summed E-state index contributed by atoms with van der Waals surface area (Å²) in [5, 5.41) is 0.564. The molecule has 0 aliphatic carbocycles. The van der Waals surface area contributed by atoms with E-state index in [0.29, 0.717) is 29.3 Å². The fourth-order valence-corrected chi connectivity index (χ4v) is 2.39. The molecule has 8 nitrogen and oxygen atoms in total. The third-order valence-corrected chi connectivity index (χ3v) is 3.48. The number of hydrogen-bond acceptors (Lipinski definition) is 8. The smallest absolute Gasteiger partial charge is 0.316 e. The lowest BCUT2D eigenvalue weighted by molar-refractivity contribution is -0.137. The highest BCUT2D eigenvalue weighted by molar-refractivity contribution is 8.00. The number of rotatable bonds is 6. The normalized spacial score (nSPS) is 10.9. The van der Waals surface area contributed by atoms with E-state index in [2.05, 4.69) is 19.7 Å². The van der Waals surface area contributed by atoms with Crippen LogP contribution in [0.2, 0.25) is 0 Å². The molecule has 2 rings (SSSR count). The molecule has 2 aromatic heterocycles. The molecule has 0 bridgehead atoms. The summed E-state index contributed by atoms with van der Waals surface area (Å²) in [6, 6.07) is 0. The summed E-state index contributed by atoms with van der Waals surface area (Å²) in [6.45, 7) is 1.16. The first-order valence-corrected chi connectivity index (χ1v) is 6.81. The maximum absolute atomic E-state index is 11.2. The van der Waals surface area contributed by atoms with Gasteiger partial charge in [0.05, 0.1) is 25.8 Å². The quantitative estimate of drug-likeness (QED) is 0.461. The molecule has 0 saturated carbocycles. The third-order valence-electron chi connectivity index (χ3n) is 2.54. The van der Waals surface area contributed by atoms with Crippen molar-refractivity contribution in [3.8, 4) is 0 Å². The van der Waals surface area contributed by atoms with E-state index in [-0.39, 0.29) is 17.7 Å². The van der Waals surface area contributed by atoms with Crippen LogP contribution in [0.4, 0.5) is 5.95 Å². The molecule has 0 radical (unpaired) electrons. The maximum Gasteiger partial charge on any atom is 0.316 e. The fourth-order valence-electron chi connectivity index (χ4n) is 1.57. The predicted octanol–water partition coefficient (Wildman–Crippen LogP) is 0.320. The second-order valence-corrected chi connectivity index (χ2v) is 4.82. The van der Waals surface area contributed by atoms with Gasteiger partial charge in [-0.25, -0.2) is 9.97 Å². The molecule has 0 aliphatic heterocycles. The number of thioether (sulfide) groups is 1. The molecule has 0 spiro atoms. The molecule has 2 heterocycles. The molecule has 0 unspecified atom stereocenters. The van der Waals surface area contributed by atoms with Crippen LogP contribution in [-0.4, -0.2) is 52.1 Å². The van der Waals surface area contributed by atoms with Crippen molar-refractivity contribution in [1.82, 2.24) is 19.5 Å². The lowest BCUT2D eigenvalue weighted by atomic mass is 10.5. The molecule has 0 atom stereocenters. The molecule has 2 aromatic rings. The van der Waals surface area contributed by atoms with Gasteiger partial charge in [-0.15, -0.1) is 0 Å². The van der Waals surface area contributed by atoms with E-state index >= 15 is 0 Å². The number of methoxy groups -OCH3 is 2. The van der Waals surface area contributed by atoms with Gasteiger partial charge in [-0.1, -0.05) is 11.8 Å². The van der Waals surface area contributed by atoms with Crippen molar-refractivity contribution in [1.29, 1.82) is 0 Å². The van der Waals surface area contributed by atoms with Gasteiger partial charge in [0.15, 0.2) is 5.65 Å². The van der Waals surface area contributed by atoms with Gasteiger partial charge in [-0.05, 0) is 0 Å². The van der Waals surface area contributed by atoms with E-state index in [1.54, 1.807) is 13.4 Å². The molecular weight excluding hydrogens is 282 g/mol. The first-order valence-electron chi connectivity index (χ1n) is 5.82. The summed E-state index contributed by atoms with van der Waals surface area (Å²) in [5.41, 5.74) is 6.94. The number of hydrogen-bond donors (Lipinski definition) is 1. The van der Waals surface area contributed by atoms with Gasteiger partial charge in [0.25, 0.3) is 0 Å². The minimum Gasteiger partial charge on any atom is -0.468 e. The number of fused-ring (bicyclic) bond motifs is 1. The molecule has 0 aromatic carbocycles. The van der Waals surface area contributed by atoms with Crippen LogP contribution in [0.5, 0.6) is 0 Å². The van der Waals surface area contributed by atoms with Gasteiger partial charge >= 0.3 is 5.97 Å². The summed E-state index contributed by atoms with van der Waals surface area (Å²) in [7, 11) is 2.96. The lowest BCUT2D eigenvalue weighted by Gasteiger charge is -2.05. The Morgan fingerprint density at radius 3 is 2.95 bits per heavy atom. The highest BCUT2D eigenvalue weighted by atomic mass is 32.2. The average molecular weight is 297 g/mol. The standard InChI is InChI=1S/C11H15N5O3S/c1-18-4-3-16-6-13-8-9(16)14-11(12)15-10(8)20-5-7(17)19-2/h6H,3-5H2,1-2H3,(H2,12,14,15). The number of esters is 1. The fraction of sp³-hybridized carbons (Fsp3) is 0.455. The van der Waals surface area contributed by atoms with Crippen molar-refractivity contribution >= 4 is 34.8 Å². The number of nitrogens with zero attached hydrogens (tertiary/aromatic N) is 4. The van der Waals surface area contributed by atoms with Crippen molar-refractivity contribution in [2.75, 3.05) is 32.3 Å². The second-order valence-electron chi connectivity index (χ2n) is 3.85. The summed E-state index contributed by atoms with van der Waals surface area (Å²) < 4.78 is 11.5. The number of anilines is 1. The molecular formula is C11H15N5O3S. The number of aromatic nitrogens is 4. The van der Waals surface area contributed by atoms with E-state index < -0.39 is 0 Å². The highest BCUT2D eigenvalue weighted by Crippen LogP contribution is 2.24. The number of carbonyl (C=O) groups excluding carboxylic acids is 1. The molecule has 0 aliphatic rings. The van der Waals surface area contributed by atoms with Crippen LogP contribution in [0.25, 0.3) is 11.2 Å². The maximum atomic E-state index is 11.2. The van der Waals surface area contributed by atoms with Crippen molar-refractivity contribution in [2.24, 2.45) is 0 Å². The molecule has 9 heteroatoms. The van der Waals surface area contributed by atoms with Gasteiger partial charge in [0.1, 0.15) is 10.5 Å². The minimum absolute atomic E-state index is 0.143. The first-order chi connectivity index (χ1) is 9.65. The van der Waals surface area contributed by atoms with Crippen LogP contribution in [0, 0.1) is 0 Å². The van der Waals surface area contributed by atoms with Gasteiger partial charge in [-0.2, -0.15) is 4.98 Å². The minimum atomic E-state index is -0.334. The zero-order chi connectivity index (χ0) is 14.5. The van der Waals surface area contributed by atoms with Gasteiger partial charge in [-0.3, -0.25) is 4.79 Å². The van der Waals surface area contributed by atoms with Crippen LogP contribution in [0.1, 0.15) is 0 Å². The Hall–Kier alpha value is -1.87. The third kappa shape index (κ3) is 3.17. The van der Waals surface area contributed by atoms with E-state index in [4.69, 9.17) is 10.5 Å². The average Bonchev–Trinajstić information content (AvgIpc) is 2.85. The molecule has 108 valence electrons. The Balaban J connectivity index is 2.30. The number of carbonyl (C=O) groups is 1. The Morgan fingerprint density at radius 2 is 2.25 bits per heavy atom.